The minimum Gasteiger partial charge on any atom is -0.478 e. The van der Waals surface area contributed by atoms with Crippen LogP contribution in [0.1, 0.15) is 15.9 Å². The fraction of sp³-hybridized carbons (Fsp3) is 0. The lowest BCUT2D eigenvalue weighted by Crippen LogP contribution is -2.01. The van der Waals surface area contributed by atoms with Crippen LogP contribution in [0.25, 0.3) is 0 Å². The second-order valence-electron chi connectivity index (χ2n) is 2.34. The van der Waals surface area contributed by atoms with Crippen LogP contribution in [0, 0.1) is 11.3 Å². The summed E-state index contributed by atoms with van der Waals surface area (Å²) in [7, 11) is 0. The molecular formula is C8H5ClN2O2. The second-order valence-corrected chi connectivity index (χ2v) is 2.72. The SMILES string of the molecule is N#Cc1cc(N)c(Cl)c(C(=O)O)c1. The maximum atomic E-state index is 10.6. The lowest BCUT2D eigenvalue weighted by Gasteiger charge is -2.02. The molecule has 0 radical (unpaired) electrons. The number of aromatic carboxylic acids is 1. The quantitative estimate of drug-likeness (QED) is 0.667. The molecule has 5 heteroatoms. The van der Waals surface area contributed by atoms with Crippen molar-refractivity contribution in [1.82, 2.24) is 0 Å². The van der Waals surface area contributed by atoms with E-state index in [-0.39, 0.29) is 21.8 Å². The minimum atomic E-state index is -1.20. The Morgan fingerprint density at radius 3 is 2.69 bits per heavy atom. The number of hydrogen-bond acceptors (Lipinski definition) is 3. The number of nitrogens with two attached hydrogens (primary N) is 1. The molecule has 0 amide bonds. The number of halogens is 1. The molecule has 3 N–H and O–H groups in total. The van der Waals surface area contributed by atoms with Crippen molar-refractivity contribution in [3.05, 3.63) is 28.3 Å². The van der Waals surface area contributed by atoms with E-state index in [9.17, 15) is 4.79 Å². The van der Waals surface area contributed by atoms with Gasteiger partial charge < -0.3 is 10.8 Å². The summed E-state index contributed by atoms with van der Waals surface area (Å²) in [6, 6.07) is 4.30. The van der Waals surface area contributed by atoms with Crippen molar-refractivity contribution in [1.29, 1.82) is 5.26 Å². The number of nitrogens with zero attached hydrogens (tertiary/aromatic N) is 1. The normalized spacial score (nSPS) is 9.23. The zero-order valence-corrected chi connectivity index (χ0v) is 7.17. The summed E-state index contributed by atoms with van der Waals surface area (Å²) in [5.41, 5.74) is 5.51. The maximum Gasteiger partial charge on any atom is 0.337 e. The van der Waals surface area contributed by atoms with Gasteiger partial charge in [-0.15, -0.1) is 0 Å². The number of anilines is 1. The molecule has 0 heterocycles. The van der Waals surface area contributed by atoms with Crippen LogP contribution in [-0.2, 0) is 0 Å². The Kier molecular flexibility index (Phi) is 2.40. The van der Waals surface area contributed by atoms with E-state index < -0.39 is 5.97 Å². The number of rotatable bonds is 1. The van der Waals surface area contributed by atoms with Crippen LogP contribution < -0.4 is 5.73 Å². The summed E-state index contributed by atoms with van der Waals surface area (Å²) < 4.78 is 0. The third-order valence-electron chi connectivity index (χ3n) is 1.46. The van der Waals surface area contributed by atoms with Gasteiger partial charge in [-0.1, -0.05) is 11.6 Å². The second kappa shape index (κ2) is 3.33. The molecule has 0 saturated carbocycles. The number of carboxylic acids is 1. The van der Waals surface area contributed by atoms with Gasteiger partial charge in [-0.25, -0.2) is 4.79 Å². The summed E-state index contributed by atoms with van der Waals surface area (Å²) in [6.45, 7) is 0. The van der Waals surface area contributed by atoms with E-state index in [1.54, 1.807) is 6.07 Å². The van der Waals surface area contributed by atoms with Crippen LogP contribution in [0.15, 0.2) is 12.1 Å². The maximum absolute atomic E-state index is 10.6. The highest BCUT2D eigenvalue weighted by atomic mass is 35.5. The van der Waals surface area contributed by atoms with Gasteiger partial charge in [0.1, 0.15) is 0 Å². The first kappa shape index (κ1) is 9.36. The van der Waals surface area contributed by atoms with Crippen LogP contribution >= 0.6 is 11.6 Å². The molecule has 4 nitrogen and oxygen atoms in total. The summed E-state index contributed by atoms with van der Waals surface area (Å²) in [4.78, 5) is 10.6. The van der Waals surface area contributed by atoms with Crippen LogP contribution in [0.2, 0.25) is 5.02 Å². The van der Waals surface area contributed by atoms with Crippen LogP contribution in [0.3, 0.4) is 0 Å². The number of hydrogen-bond donors (Lipinski definition) is 2. The van der Waals surface area contributed by atoms with Crippen molar-refractivity contribution in [3.63, 3.8) is 0 Å². The van der Waals surface area contributed by atoms with Gasteiger partial charge >= 0.3 is 5.97 Å². The summed E-state index contributed by atoms with van der Waals surface area (Å²) in [5.74, 6) is -1.20. The Labute approximate surface area is 79.2 Å². The number of nitrogen functional groups attached to an aromatic ring is 1. The average molecular weight is 197 g/mol. The number of carbonyl (C=O) groups is 1. The first-order valence-corrected chi connectivity index (χ1v) is 3.66. The van der Waals surface area contributed by atoms with Crippen LogP contribution in [-0.4, -0.2) is 11.1 Å². The number of nitriles is 1. The van der Waals surface area contributed by atoms with Gasteiger partial charge in [-0.3, -0.25) is 0 Å². The van der Waals surface area contributed by atoms with Crippen molar-refractivity contribution in [2.75, 3.05) is 5.73 Å². The summed E-state index contributed by atoms with van der Waals surface area (Å²) in [5, 5.41) is 17.1. The monoisotopic (exact) mass is 196 g/mol. The molecule has 0 aliphatic carbocycles. The van der Waals surface area contributed by atoms with Crippen molar-refractivity contribution >= 4 is 23.3 Å². The minimum absolute atomic E-state index is 0.0356. The van der Waals surface area contributed by atoms with E-state index >= 15 is 0 Å². The molecule has 0 bridgehead atoms. The molecule has 66 valence electrons. The highest BCUT2D eigenvalue weighted by molar-refractivity contribution is 6.36. The van der Waals surface area contributed by atoms with E-state index in [1.165, 1.54) is 12.1 Å². The molecule has 0 unspecified atom stereocenters. The average Bonchev–Trinajstić information content (AvgIpc) is 2.09. The van der Waals surface area contributed by atoms with Gasteiger partial charge in [0.2, 0.25) is 0 Å². The van der Waals surface area contributed by atoms with Crippen LogP contribution in [0.4, 0.5) is 5.69 Å². The van der Waals surface area contributed by atoms with Crippen molar-refractivity contribution in [3.8, 4) is 6.07 Å². The topological polar surface area (TPSA) is 87.1 Å². The van der Waals surface area contributed by atoms with E-state index in [0.717, 1.165) is 0 Å². The van der Waals surface area contributed by atoms with Crippen molar-refractivity contribution in [2.45, 2.75) is 0 Å². The Morgan fingerprint density at radius 1 is 1.62 bits per heavy atom. The molecule has 0 spiro atoms. The molecular weight excluding hydrogens is 192 g/mol. The van der Waals surface area contributed by atoms with Crippen molar-refractivity contribution < 1.29 is 9.90 Å². The lowest BCUT2D eigenvalue weighted by molar-refractivity contribution is 0.0697. The molecule has 1 aromatic carbocycles. The Morgan fingerprint density at radius 2 is 2.23 bits per heavy atom. The third-order valence-corrected chi connectivity index (χ3v) is 1.88. The first-order valence-electron chi connectivity index (χ1n) is 3.28. The molecule has 13 heavy (non-hydrogen) atoms. The zero-order chi connectivity index (χ0) is 10.0. The predicted molar refractivity (Wildman–Crippen MR) is 47.5 cm³/mol. The zero-order valence-electron chi connectivity index (χ0n) is 6.41. The molecule has 1 aromatic rings. The Bertz CT molecular complexity index is 409. The Balaban J connectivity index is 3.44. The summed E-state index contributed by atoms with van der Waals surface area (Å²) >= 11 is 5.60. The largest absolute Gasteiger partial charge is 0.478 e. The standard InChI is InChI=1S/C8H5ClN2O2/c9-7-5(8(12)13)1-4(3-10)2-6(7)11/h1-2H,11H2,(H,12,13). The molecule has 0 aliphatic heterocycles. The third kappa shape index (κ3) is 1.71. The number of carboxylic acid groups (broad SMARTS) is 1. The first-order chi connectivity index (χ1) is 6.06. The molecule has 0 atom stereocenters. The molecule has 0 saturated heterocycles. The van der Waals surface area contributed by atoms with Gasteiger partial charge in [0.05, 0.1) is 27.9 Å². The summed E-state index contributed by atoms with van der Waals surface area (Å²) in [6.07, 6.45) is 0. The fourth-order valence-electron chi connectivity index (χ4n) is 0.867. The van der Waals surface area contributed by atoms with Gasteiger partial charge in [-0.05, 0) is 12.1 Å². The molecule has 0 aliphatic rings. The highest BCUT2D eigenvalue weighted by Crippen LogP contribution is 2.24. The van der Waals surface area contributed by atoms with E-state index in [1.807, 2.05) is 0 Å². The number of benzene rings is 1. The lowest BCUT2D eigenvalue weighted by atomic mass is 10.1. The van der Waals surface area contributed by atoms with Gasteiger partial charge in [0.15, 0.2) is 0 Å². The van der Waals surface area contributed by atoms with E-state index in [4.69, 9.17) is 27.7 Å². The van der Waals surface area contributed by atoms with Gasteiger partial charge in [-0.2, -0.15) is 5.26 Å². The smallest absolute Gasteiger partial charge is 0.337 e. The molecule has 1 rings (SSSR count). The Hall–Kier alpha value is -1.73. The van der Waals surface area contributed by atoms with E-state index in [0.29, 0.717) is 0 Å². The van der Waals surface area contributed by atoms with Gasteiger partial charge in [0.25, 0.3) is 0 Å². The fourth-order valence-corrected chi connectivity index (χ4v) is 1.06. The molecule has 0 aromatic heterocycles. The van der Waals surface area contributed by atoms with Crippen LogP contribution in [0.5, 0.6) is 0 Å². The highest BCUT2D eigenvalue weighted by Gasteiger charge is 2.12. The van der Waals surface area contributed by atoms with Gasteiger partial charge in [0, 0.05) is 0 Å². The van der Waals surface area contributed by atoms with Crippen molar-refractivity contribution in [2.24, 2.45) is 0 Å². The predicted octanol–water partition coefficient (Wildman–Crippen LogP) is 1.49. The van der Waals surface area contributed by atoms with E-state index in [2.05, 4.69) is 0 Å². The molecule has 0 fully saturated rings.